The molecule has 0 aliphatic rings. The van der Waals surface area contributed by atoms with Gasteiger partial charge in [-0.15, -0.1) is 0 Å². The average Bonchev–Trinajstić information content (AvgIpc) is 2.90. The van der Waals surface area contributed by atoms with E-state index in [0.29, 0.717) is 23.9 Å². The molecule has 0 aliphatic heterocycles. The van der Waals surface area contributed by atoms with Crippen molar-refractivity contribution in [2.24, 2.45) is 11.7 Å². The normalized spacial score (nSPS) is 12.1. The molecule has 1 aromatic heterocycles. The maximum atomic E-state index is 11.6. The molecule has 1 heterocycles. The van der Waals surface area contributed by atoms with E-state index in [9.17, 15) is 15.0 Å². The Morgan fingerprint density at radius 3 is 2.30 bits per heavy atom. The number of nitrogens with two attached hydrogens (primary N) is 1. The number of fused-ring (bicyclic) bond motifs is 1. The zero-order valence-electron chi connectivity index (χ0n) is 23.3. The molecule has 6 heteroatoms. The van der Waals surface area contributed by atoms with Crippen LogP contribution in [0.1, 0.15) is 94.9 Å². The molecule has 0 saturated carbocycles. The highest BCUT2D eigenvalue weighted by Gasteiger charge is 2.15. The van der Waals surface area contributed by atoms with Gasteiger partial charge in [-0.3, -0.25) is 0 Å². The minimum absolute atomic E-state index is 0.0414. The SMILES string of the molecule is CC=O.CCCC(CCC(C)CC)c1cccc(CN)c1.CCc1c(C)c2ccc(O)c(O)c2oc1=O. The monoisotopic (exact) mass is 511 g/mol. The predicted molar refractivity (Wildman–Crippen MR) is 152 cm³/mol. The third-order valence-corrected chi connectivity index (χ3v) is 6.76. The van der Waals surface area contributed by atoms with E-state index < -0.39 is 5.63 Å². The van der Waals surface area contributed by atoms with Gasteiger partial charge >= 0.3 is 5.63 Å². The molecule has 0 radical (unpaired) electrons. The first-order chi connectivity index (χ1) is 17.7. The van der Waals surface area contributed by atoms with Gasteiger partial charge in [-0.1, -0.05) is 71.2 Å². The van der Waals surface area contributed by atoms with E-state index in [2.05, 4.69) is 45.0 Å². The molecule has 3 rings (SSSR count). The van der Waals surface area contributed by atoms with Crippen molar-refractivity contribution in [3.05, 3.63) is 69.1 Å². The molecule has 2 unspecified atom stereocenters. The molecular weight excluding hydrogens is 466 g/mol. The summed E-state index contributed by atoms with van der Waals surface area (Å²) in [7, 11) is 0. The predicted octanol–water partition coefficient (Wildman–Crippen LogP) is 7.14. The molecule has 0 bridgehead atoms. The lowest BCUT2D eigenvalue weighted by molar-refractivity contribution is -0.106. The van der Waals surface area contributed by atoms with E-state index >= 15 is 0 Å². The first-order valence-electron chi connectivity index (χ1n) is 13.3. The fourth-order valence-electron chi connectivity index (χ4n) is 4.33. The number of carbonyl (C=O) groups is 1. The number of hydrogen-bond donors (Lipinski definition) is 3. The van der Waals surface area contributed by atoms with E-state index in [0.717, 1.165) is 23.7 Å². The minimum atomic E-state index is -0.464. The number of rotatable bonds is 9. The summed E-state index contributed by atoms with van der Waals surface area (Å²) in [5.41, 5.74) is 9.44. The van der Waals surface area contributed by atoms with E-state index in [4.69, 9.17) is 14.9 Å². The first-order valence-corrected chi connectivity index (χ1v) is 13.3. The second-order valence-corrected chi connectivity index (χ2v) is 9.42. The number of carbonyl (C=O) groups excluding carboxylic acids is 1. The van der Waals surface area contributed by atoms with Gasteiger partial charge < -0.3 is 25.2 Å². The summed E-state index contributed by atoms with van der Waals surface area (Å²) >= 11 is 0. The molecule has 0 fully saturated rings. The fourth-order valence-corrected chi connectivity index (χ4v) is 4.33. The number of aldehydes is 1. The summed E-state index contributed by atoms with van der Waals surface area (Å²) < 4.78 is 5.01. The smallest absolute Gasteiger partial charge is 0.339 e. The van der Waals surface area contributed by atoms with Crippen LogP contribution in [0, 0.1) is 12.8 Å². The fraction of sp³-hybridized carbons (Fsp3) is 0.484. The van der Waals surface area contributed by atoms with Crippen molar-refractivity contribution in [3.8, 4) is 11.5 Å². The van der Waals surface area contributed by atoms with Crippen LogP contribution in [-0.2, 0) is 17.8 Å². The topological polar surface area (TPSA) is 114 Å². The highest BCUT2D eigenvalue weighted by molar-refractivity contribution is 5.88. The second-order valence-electron chi connectivity index (χ2n) is 9.42. The summed E-state index contributed by atoms with van der Waals surface area (Å²) in [5, 5.41) is 19.5. The number of benzene rings is 2. The minimum Gasteiger partial charge on any atom is -0.504 e. The van der Waals surface area contributed by atoms with Gasteiger partial charge in [0.05, 0.1) is 0 Å². The number of aryl methyl sites for hydroxylation is 1. The Bertz CT molecular complexity index is 1170. The van der Waals surface area contributed by atoms with E-state index in [1.807, 2.05) is 6.92 Å². The number of phenolic OH excluding ortho intramolecular Hbond substituents is 2. The van der Waals surface area contributed by atoms with Gasteiger partial charge in [-0.25, -0.2) is 4.79 Å². The highest BCUT2D eigenvalue weighted by Crippen LogP contribution is 2.34. The lowest BCUT2D eigenvalue weighted by Gasteiger charge is -2.19. The second kappa shape index (κ2) is 16.6. The van der Waals surface area contributed by atoms with Crippen LogP contribution in [0.15, 0.2) is 45.6 Å². The number of aromatic hydroxyl groups is 2. The van der Waals surface area contributed by atoms with Crippen LogP contribution >= 0.6 is 0 Å². The summed E-state index contributed by atoms with van der Waals surface area (Å²) in [6, 6.07) is 11.9. The molecule has 0 amide bonds. The summed E-state index contributed by atoms with van der Waals surface area (Å²) in [5.74, 6) is 0.886. The van der Waals surface area contributed by atoms with Crippen molar-refractivity contribution in [1.82, 2.24) is 0 Å². The third kappa shape index (κ3) is 9.36. The lowest BCUT2D eigenvalue weighted by atomic mass is 9.86. The molecule has 3 aromatic rings. The van der Waals surface area contributed by atoms with Crippen LogP contribution in [0.5, 0.6) is 11.5 Å². The Labute approximate surface area is 221 Å². The van der Waals surface area contributed by atoms with Crippen molar-refractivity contribution in [1.29, 1.82) is 0 Å². The van der Waals surface area contributed by atoms with Gasteiger partial charge in [0, 0.05) is 17.5 Å². The third-order valence-electron chi connectivity index (χ3n) is 6.76. The maximum absolute atomic E-state index is 11.6. The molecule has 0 saturated heterocycles. The maximum Gasteiger partial charge on any atom is 0.339 e. The summed E-state index contributed by atoms with van der Waals surface area (Å²) in [4.78, 5) is 20.4. The molecule has 2 aromatic carbocycles. The highest BCUT2D eigenvalue weighted by atomic mass is 16.4. The largest absolute Gasteiger partial charge is 0.504 e. The van der Waals surface area contributed by atoms with Crippen LogP contribution < -0.4 is 11.4 Å². The molecule has 6 nitrogen and oxygen atoms in total. The summed E-state index contributed by atoms with van der Waals surface area (Å²) in [6.45, 7) is 12.7. The van der Waals surface area contributed by atoms with Crippen LogP contribution in [0.4, 0.5) is 0 Å². The Balaban J connectivity index is 0.000000336. The Kier molecular flexibility index (Phi) is 14.3. The summed E-state index contributed by atoms with van der Waals surface area (Å²) in [6.07, 6.45) is 7.83. The molecular formula is C31H45NO5. The number of phenols is 2. The quantitative estimate of drug-likeness (QED) is 0.160. The van der Waals surface area contributed by atoms with Gasteiger partial charge in [0.25, 0.3) is 0 Å². The number of hydrogen-bond acceptors (Lipinski definition) is 6. The van der Waals surface area contributed by atoms with Gasteiger partial charge in [0.15, 0.2) is 11.3 Å². The first kappa shape index (κ1) is 31.9. The van der Waals surface area contributed by atoms with Crippen molar-refractivity contribution in [2.45, 2.75) is 92.5 Å². The van der Waals surface area contributed by atoms with Crippen molar-refractivity contribution >= 4 is 17.3 Å². The van der Waals surface area contributed by atoms with Crippen molar-refractivity contribution in [2.75, 3.05) is 0 Å². The molecule has 2 atom stereocenters. The Morgan fingerprint density at radius 1 is 1.05 bits per heavy atom. The molecule has 204 valence electrons. The van der Waals surface area contributed by atoms with Gasteiger partial charge in [-0.2, -0.15) is 0 Å². The van der Waals surface area contributed by atoms with Crippen LogP contribution in [0.25, 0.3) is 11.0 Å². The van der Waals surface area contributed by atoms with Crippen molar-refractivity contribution < 1.29 is 19.4 Å². The van der Waals surface area contributed by atoms with Crippen LogP contribution in [0.3, 0.4) is 0 Å². The van der Waals surface area contributed by atoms with E-state index in [1.54, 1.807) is 13.0 Å². The zero-order valence-corrected chi connectivity index (χ0v) is 23.3. The molecule has 37 heavy (non-hydrogen) atoms. The molecule has 0 spiro atoms. The van der Waals surface area contributed by atoms with Crippen LogP contribution in [-0.4, -0.2) is 16.5 Å². The van der Waals surface area contributed by atoms with Gasteiger partial charge in [-0.05, 0) is 73.8 Å². The van der Waals surface area contributed by atoms with E-state index in [1.165, 1.54) is 56.2 Å². The van der Waals surface area contributed by atoms with E-state index in [-0.39, 0.29) is 17.1 Å². The zero-order chi connectivity index (χ0) is 28.0. The van der Waals surface area contributed by atoms with Crippen molar-refractivity contribution in [3.63, 3.8) is 0 Å². The van der Waals surface area contributed by atoms with Gasteiger partial charge in [0.2, 0.25) is 5.75 Å². The molecule has 0 aliphatic carbocycles. The standard InChI is InChI=1S/C17H29N.C12H12O4.C2H4O/c1-4-7-16(11-10-14(3)5-2)17-9-6-8-15(12-17)13-18;1-3-7-6(2)8-4-5-9(13)10(14)11(8)16-12(7)15;1-2-3/h6,8-9,12,14,16H,4-5,7,10-11,13,18H2,1-3H3;4-5,13-14H,3H2,1-2H3;2H,1H3. The van der Waals surface area contributed by atoms with Crippen LogP contribution in [0.2, 0.25) is 0 Å². The Hall–Kier alpha value is -3.12. The van der Waals surface area contributed by atoms with Gasteiger partial charge in [0.1, 0.15) is 6.29 Å². The lowest BCUT2D eigenvalue weighted by Crippen LogP contribution is -2.08. The average molecular weight is 512 g/mol. The Morgan fingerprint density at radius 2 is 1.73 bits per heavy atom. The molecule has 4 N–H and O–H groups in total.